The van der Waals surface area contributed by atoms with E-state index in [1.807, 2.05) is 39.0 Å². The zero-order valence-electron chi connectivity index (χ0n) is 11.7. The predicted molar refractivity (Wildman–Crippen MR) is 75.5 cm³/mol. The molecule has 1 aromatic rings. The number of rotatable bonds is 5. The van der Waals surface area contributed by atoms with Gasteiger partial charge in [-0.05, 0) is 31.4 Å². The number of hydrogen-bond donors (Lipinski definition) is 2. The Bertz CT molecular complexity index is 463. The molecule has 0 aliphatic carbocycles. The molecule has 0 unspecified atom stereocenters. The fourth-order valence-electron chi connectivity index (χ4n) is 2.06. The van der Waals surface area contributed by atoms with Crippen molar-refractivity contribution < 1.29 is 10.0 Å². The van der Waals surface area contributed by atoms with Crippen molar-refractivity contribution >= 4 is 11.7 Å². The Labute approximate surface area is 113 Å². The number of aryl methyl sites for hydroxylation is 2. The van der Waals surface area contributed by atoms with Gasteiger partial charge in [-0.2, -0.15) is 0 Å². The van der Waals surface area contributed by atoms with Crippen LogP contribution in [0.2, 0.25) is 0 Å². The van der Waals surface area contributed by atoms with Crippen molar-refractivity contribution in [2.75, 3.05) is 13.1 Å². The molecule has 5 nitrogen and oxygen atoms in total. The quantitative estimate of drug-likeness (QED) is 0.368. The van der Waals surface area contributed by atoms with E-state index in [-0.39, 0.29) is 18.3 Å². The molecule has 0 radical (unpaired) electrons. The van der Waals surface area contributed by atoms with Gasteiger partial charge in [0.05, 0.1) is 6.54 Å². The predicted octanol–water partition coefficient (Wildman–Crippen LogP) is 1.90. The highest BCUT2D eigenvalue weighted by Gasteiger charge is 2.19. The number of amidine groups is 1. The van der Waals surface area contributed by atoms with Gasteiger partial charge in [0.2, 0.25) is 0 Å². The maximum Gasteiger partial charge on any atom is 0.254 e. The van der Waals surface area contributed by atoms with Gasteiger partial charge in [0.25, 0.3) is 5.91 Å². The minimum atomic E-state index is -0.0796. The van der Waals surface area contributed by atoms with Crippen LogP contribution in [0, 0.1) is 13.8 Å². The summed E-state index contributed by atoms with van der Waals surface area (Å²) in [5.74, 6) is -0.0444. The Kier molecular flexibility index (Phi) is 5.36. The summed E-state index contributed by atoms with van der Waals surface area (Å²) in [7, 11) is 0. The first-order valence-electron chi connectivity index (χ1n) is 6.33. The smallest absolute Gasteiger partial charge is 0.254 e. The Balaban J connectivity index is 3.05. The van der Waals surface area contributed by atoms with Gasteiger partial charge in [-0.15, -0.1) is 0 Å². The molecule has 0 bridgehead atoms. The average molecular weight is 263 g/mol. The van der Waals surface area contributed by atoms with Crippen LogP contribution >= 0.6 is 0 Å². The van der Waals surface area contributed by atoms with E-state index in [2.05, 4.69) is 5.16 Å². The molecule has 3 N–H and O–H groups in total. The molecular formula is C14H21N3O2. The van der Waals surface area contributed by atoms with E-state index in [9.17, 15) is 4.79 Å². The number of carbonyl (C=O) groups excluding carboxylic acids is 1. The van der Waals surface area contributed by atoms with E-state index in [4.69, 9.17) is 10.9 Å². The Morgan fingerprint density at radius 1 is 1.37 bits per heavy atom. The van der Waals surface area contributed by atoms with Crippen LogP contribution in [0.4, 0.5) is 0 Å². The van der Waals surface area contributed by atoms with Crippen molar-refractivity contribution in [2.24, 2.45) is 10.9 Å². The molecule has 0 aliphatic heterocycles. The third-order valence-corrected chi connectivity index (χ3v) is 2.96. The second-order valence-corrected chi connectivity index (χ2v) is 4.58. The molecule has 104 valence electrons. The summed E-state index contributed by atoms with van der Waals surface area (Å²) in [6.07, 6.45) is 0.815. The molecule has 19 heavy (non-hydrogen) atoms. The molecule has 0 atom stereocenters. The summed E-state index contributed by atoms with van der Waals surface area (Å²) < 4.78 is 0. The van der Waals surface area contributed by atoms with Crippen molar-refractivity contribution in [1.82, 2.24) is 4.90 Å². The molecule has 0 fully saturated rings. The van der Waals surface area contributed by atoms with Gasteiger partial charge >= 0.3 is 0 Å². The minimum absolute atomic E-state index is 0.0352. The summed E-state index contributed by atoms with van der Waals surface area (Å²) in [6, 6.07) is 5.75. The summed E-state index contributed by atoms with van der Waals surface area (Å²) in [5.41, 5.74) is 8.07. The normalized spacial score (nSPS) is 11.4. The zero-order chi connectivity index (χ0) is 14.4. The first-order valence-corrected chi connectivity index (χ1v) is 6.33. The van der Waals surface area contributed by atoms with E-state index in [1.54, 1.807) is 4.90 Å². The van der Waals surface area contributed by atoms with Gasteiger partial charge < -0.3 is 15.8 Å². The molecule has 0 aromatic heterocycles. The number of carbonyl (C=O) groups is 1. The fraction of sp³-hybridized carbons (Fsp3) is 0.429. The maximum absolute atomic E-state index is 12.6. The molecule has 0 saturated carbocycles. The van der Waals surface area contributed by atoms with Crippen LogP contribution in [0.3, 0.4) is 0 Å². The average Bonchev–Trinajstić information content (AvgIpc) is 2.37. The molecule has 0 aliphatic rings. The van der Waals surface area contributed by atoms with Gasteiger partial charge in [0.15, 0.2) is 5.84 Å². The monoisotopic (exact) mass is 263 g/mol. The summed E-state index contributed by atoms with van der Waals surface area (Å²) in [6.45, 7) is 6.51. The highest BCUT2D eigenvalue weighted by atomic mass is 16.4. The Hall–Kier alpha value is -2.04. The lowest BCUT2D eigenvalue weighted by atomic mass is 10.0. The number of amides is 1. The fourth-order valence-corrected chi connectivity index (χ4v) is 2.06. The Morgan fingerprint density at radius 3 is 2.42 bits per heavy atom. The van der Waals surface area contributed by atoms with Crippen LogP contribution in [0.1, 0.15) is 34.8 Å². The van der Waals surface area contributed by atoms with Crippen LogP contribution in [0.5, 0.6) is 0 Å². The van der Waals surface area contributed by atoms with Crippen LogP contribution in [-0.4, -0.2) is 34.9 Å². The third kappa shape index (κ3) is 3.71. The van der Waals surface area contributed by atoms with Crippen molar-refractivity contribution in [3.63, 3.8) is 0 Å². The minimum Gasteiger partial charge on any atom is -0.409 e. The summed E-state index contributed by atoms with van der Waals surface area (Å²) in [4.78, 5) is 14.2. The second kappa shape index (κ2) is 6.78. The van der Waals surface area contributed by atoms with Gasteiger partial charge in [-0.3, -0.25) is 4.79 Å². The van der Waals surface area contributed by atoms with Gasteiger partial charge in [-0.25, -0.2) is 0 Å². The van der Waals surface area contributed by atoms with Crippen LogP contribution in [-0.2, 0) is 0 Å². The Morgan fingerprint density at radius 2 is 1.95 bits per heavy atom. The molecule has 0 spiro atoms. The van der Waals surface area contributed by atoms with E-state index in [0.29, 0.717) is 12.1 Å². The van der Waals surface area contributed by atoms with E-state index < -0.39 is 0 Å². The number of oxime groups is 1. The topological polar surface area (TPSA) is 78.9 Å². The number of nitrogens with zero attached hydrogens (tertiary/aromatic N) is 2. The van der Waals surface area contributed by atoms with Crippen LogP contribution in [0.25, 0.3) is 0 Å². The number of benzene rings is 1. The molecule has 1 aromatic carbocycles. The SMILES string of the molecule is CCCN(C/C(N)=N/O)C(=O)c1c(C)cccc1C. The molecular weight excluding hydrogens is 242 g/mol. The van der Waals surface area contributed by atoms with Gasteiger partial charge in [-0.1, -0.05) is 30.3 Å². The lowest BCUT2D eigenvalue weighted by molar-refractivity contribution is 0.0777. The molecule has 1 rings (SSSR count). The molecule has 1 amide bonds. The summed E-state index contributed by atoms with van der Waals surface area (Å²) >= 11 is 0. The van der Waals surface area contributed by atoms with Crippen molar-refractivity contribution in [3.8, 4) is 0 Å². The molecule has 0 saturated heterocycles. The lowest BCUT2D eigenvalue weighted by Gasteiger charge is -2.23. The third-order valence-electron chi connectivity index (χ3n) is 2.96. The number of nitrogens with two attached hydrogens (primary N) is 1. The first kappa shape index (κ1) is 15.0. The zero-order valence-corrected chi connectivity index (χ0v) is 11.7. The van der Waals surface area contributed by atoms with Crippen LogP contribution < -0.4 is 5.73 Å². The van der Waals surface area contributed by atoms with Crippen molar-refractivity contribution in [2.45, 2.75) is 27.2 Å². The maximum atomic E-state index is 12.6. The van der Waals surface area contributed by atoms with E-state index in [1.165, 1.54) is 0 Å². The first-order chi connectivity index (χ1) is 9.01. The number of hydrogen-bond acceptors (Lipinski definition) is 3. The summed E-state index contributed by atoms with van der Waals surface area (Å²) in [5, 5.41) is 11.6. The van der Waals surface area contributed by atoms with Crippen LogP contribution in [0.15, 0.2) is 23.4 Å². The van der Waals surface area contributed by atoms with E-state index in [0.717, 1.165) is 17.5 Å². The standard InChI is InChI=1S/C14H21N3O2/c1-4-8-17(9-12(15)16-19)14(18)13-10(2)6-5-7-11(13)3/h5-7,19H,4,8-9H2,1-3H3,(H2,15,16). The van der Waals surface area contributed by atoms with Gasteiger partial charge in [0.1, 0.15) is 0 Å². The lowest BCUT2D eigenvalue weighted by Crippen LogP contribution is -2.39. The largest absolute Gasteiger partial charge is 0.409 e. The van der Waals surface area contributed by atoms with Gasteiger partial charge in [0, 0.05) is 12.1 Å². The van der Waals surface area contributed by atoms with Crippen molar-refractivity contribution in [1.29, 1.82) is 0 Å². The second-order valence-electron chi connectivity index (χ2n) is 4.58. The molecule has 5 heteroatoms. The van der Waals surface area contributed by atoms with Crippen molar-refractivity contribution in [3.05, 3.63) is 34.9 Å². The highest BCUT2D eigenvalue weighted by Crippen LogP contribution is 2.16. The molecule has 0 heterocycles. The highest BCUT2D eigenvalue weighted by molar-refractivity contribution is 5.99. The van der Waals surface area contributed by atoms with E-state index >= 15 is 0 Å².